The average molecular weight is 436 g/mol. The van der Waals surface area contributed by atoms with Gasteiger partial charge in [0, 0.05) is 12.1 Å². The molecule has 162 valence electrons. The SMILES string of the molecule is COc1ccc(OC)c(NC(=O)[C@H](C)N(c2ccc3c(c2)OCCO3)S(C)(=O)=O)c1. The maximum atomic E-state index is 13.0. The van der Waals surface area contributed by atoms with E-state index in [-0.39, 0.29) is 0 Å². The normalized spacial score (nSPS) is 13.9. The Morgan fingerprint density at radius 3 is 2.40 bits per heavy atom. The van der Waals surface area contributed by atoms with Gasteiger partial charge in [0.15, 0.2) is 11.5 Å². The van der Waals surface area contributed by atoms with Crippen molar-refractivity contribution in [2.75, 3.05) is 43.3 Å². The van der Waals surface area contributed by atoms with Crippen LogP contribution in [0.1, 0.15) is 6.92 Å². The molecule has 0 aliphatic carbocycles. The molecule has 2 aromatic rings. The van der Waals surface area contributed by atoms with Gasteiger partial charge in [-0.15, -0.1) is 0 Å². The maximum absolute atomic E-state index is 13.0. The summed E-state index contributed by atoms with van der Waals surface area (Å²) in [5.41, 5.74) is 0.659. The van der Waals surface area contributed by atoms with Crippen LogP contribution in [0.2, 0.25) is 0 Å². The second-order valence-corrected chi connectivity index (χ2v) is 8.48. The number of ether oxygens (including phenoxy) is 4. The fourth-order valence-corrected chi connectivity index (χ4v) is 4.29. The average Bonchev–Trinajstić information content (AvgIpc) is 2.72. The quantitative estimate of drug-likeness (QED) is 0.710. The van der Waals surface area contributed by atoms with Crippen LogP contribution in [0.3, 0.4) is 0 Å². The second-order valence-electron chi connectivity index (χ2n) is 6.62. The highest BCUT2D eigenvalue weighted by atomic mass is 32.2. The predicted molar refractivity (Wildman–Crippen MR) is 112 cm³/mol. The molecule has 1 amide bonds. The zero-order chi connectivity index (χ0) is 21.9. The van der Waals surface area contributed by atoms with Crippen LogP contribution in [-0.4, -0.2) is 54.1 Å². The molecule has 10 heteroatoms. The minimum absolute atomic E-state index is 0.294. The molecule has 0 saturated heterocycles. The van der Waals surface area contributed by atoms with Crippen molar-refractivity contribution < 1.29 is 32.2 Å². The van der Waals surface area contributed by atoms with E-state index in [1.807, 2.05) is 0 Å². The van der Waals surface area contributed by atoms with Crippen molar-refractivity contribution in [2.45, 2.75) is 13.0 Å². The van der Waals surface area contributed by atoms with Crippen molar-refractivity contribution in [1.29, 1.82) is 0 Å². The zero-order valence-electron chi connectivity index (χ0n) is 17.2. The van der Waals surface area contributed by atoms with E-state index in [0.29, 0.717) is 47.6 Å². The number of benzene rings is 2. The van der Waals surface area contributed by atoms with Gasteiger partial charge in [-0.25, -0.2) is 8.42 Å². The summed E-state index contributed by atoms with van der Waals surface area (Å²) in [5.74, 6) is 1.35. The van der Waals surface area contributed by atoms with Crippen LogP contribution >= 0.6 is 0 Å². The molecule has 30 heavy (non-hydrogen) atoms. The number of carbonyl (C=O) groups is 1. The molecule has 1 atom stereocenters. The summed E-state index contributed by atoms with van der Waals surface area (Å²) < 4.78 is 47.6. The van der Waals surface area contributed by atoms with Crippen LogP contribution in [0.5, 0.6) is 23.0 Å². The minimum Gasteiger partial charge on any atom is -0.497 e. The molecule has 1 aliphatic heterocycles. The summed E-state index contributed by atoms with van der Waals surface area (Å²) in [4.78, 5) is 13.0. The number of methoxy groups -OCH3 is 2. The molecule has 0 spiro atoms. The highest BCUT2D eigenvalue weighted by Crippen LogP contribution is 2.36. The number of fused-ring (bicyclic) bond motifs is 1. The van der Waals surface area contributed by atoms with Crippen LogP contribution in [0.4, 0.5) is 11.4 Å². The highest BCUT2D eigenvalue weighted by Gasteiger charge is 2.30. The van der Waals surface area contributed by atoms with Gasteiger partial charge in [-0.2, -0.15) is 0 Å². The fourth-order valence-electron chi connectivity index (χ4n) is 3.13. The summed E-state index contributed by atoms with van der Waals surface area (Å²) in [6.07, 6.45) is 1.04. The first-order valence-electron chi connectivity index (χ1n) is 9.16. The molecule has 0 fully saturated rings. The Balaban J connectivity index is 1.91. The van der Waals surface area contributed by atoms with Crippen molar-refractivity contribution in [2.24, 2.45) is 0 Å². The van der Waals surface area contributed by atoms with Gasteiger partial charge in [0.1, 0.15) is 30.8 Å². The fraction of sp³-hybridized carbons (Fsp3) is 0.350. The van der Waals surface area contributed by atoms with E-state index in [1.165, 1.54) is 21.1 Å². The highest BCUT2D eigenvalue weighted by molar-refractivity contribution is 7.92. The van der Waals surface area contributed by atoms with Gasteiger partial charge in [-0.05, 0) is 31.2 Å². The Labute approximate surface area is 175 Å². The predicted octanol–water partition coefficient (Wildman–Crippen LogP) is 2.27. The van der Waals surface area contributed by atoms with Crippen molar-refractivity contribution in [3.63, 3.8) is 0 Å². The van der Waals surface area contributed by atoms with E-state index in [9.17, 15) is 13.2 Å². The molecule has 0 radical (unpaired) electrons. The molecule has 0 saturated carbocycles. The third kappa shape index (κ3) is 4.54. The van der Waals surface area contributed by atoms with Crippen LogP contribution in [0.15, 0.2) is 36.4 Å². The van der Waals surface area contributed by atoms with E-state index in [4.69, 9.17) is 18.9 Å². The number of hydrogen-bond acceptors (Lipinski definition) is 7. The van der Waals surface area contributed by atoms with Gasteiger partial charge in [-0.1, -0.05) is 0 Å². The van der Waals surface area contributed by atoms with E-state index in [0.717, 1.165) is 10.6 Å². The van der Waals surface area contributed by atoms with Crippen LogP contribution in [0.25, 0.3) is 0 Å². The Morgan fingerprint density at radius 2 is 1.77 bits per heavy atom. The summed E-state index contributed by atoms with van der Waals surface area (Å²) in [5, 5.41) is 2.71. The van der Waals surface area contributed by atoms with Gasteiger partial charge in [-0.3, -0.25) is 9.10 Å². The molecule has 2 aromatic carbocycles. The van der Waals surface area contributed by atoms with E-state index in [1.54, 1.807) is 36.4 Å². The molecular weight excluding hydrogens is 412 g/mol. The number of anilines is 2. The molecule has 1 N–H and O–H groups in total. The number of rotatable bonds is 7. The van der Waals surface area contributed by atoms with Crippen LogP contribution in [0, 0.1) is 0 Å². The zero-order valence-corrected chi connectivity index (χ0v) is 18.0. The van der Waals surface area contributed by atoms with Gasteiger partial charge in [0.25, 0.3) is 0 Å². The first kappa shape index (κ1) is 21.6. The van der Waals surface area contributed by atoms with Crippen molar-refractivity contribution in [1.82, 2.24) is 0 Å². The van der Waals surface area contributed by atoms with E-state index in [2.05, 4.69) is 5.32 Å². The number of nitrogens with one attached hydrogen (secondary N) is 1. The van der Waals surface area contributed by atoms with Crippen molar-refractivity contribution >= 4 is 27.3 Å². The smallest absolute Gasteiger partial charge is 0.248 e. The van der Waals surface area contributed by atoms with E-state index >= 15 is 0 Å². The first-order valence-corrected chi connectivity index (χ1v) is 11.0. The van der Waals surface area contributed by atoms with Gasteiger partial charge >= 0.3 is 0 Å². The number of hydrogen-bond donors (Lipinski definition) is 1. The first-order chi connectivity index (χ1) is 14.2. The Morgan fingerprint density at radius 1 is 1.07 bits per heavy atom. The van der Waals surface area contributed by atoms with Gasteiger partial charge < -0.3 is 24.3 Å². The van der Waals surface area contributed by atoms with Crippen molar-refractivity contribution in [3.05, 3.63) is 36.4 Å². The number of carbonyl (C=O) groups excluding carboxylic acids is 1. The van der Waals surface area contributed by atoms with E-state index < -0.39 is 22.0 Å². The summed E-state index contributed by atoms with van der Waals surface area (Å²) in [6.45, 7) is 2.28. The summed E-state index contributed by atoms with van der Waals surface area (Å²) >= 11 is 0. The molecule has 9 nitrogen and oxygen atoms in total. The minimum atomic E-state index is -3.79. The Bertz CT molecular complexity index is 1040. The lowest BCUT2D eigenvalue weighted by molar-refractivity contribution is -0.116. The number of nitrogens with zero attached hydrogens (tertiary/aromatic N) is 1. The van der Waals surface area contributed by atoms with Gasteiger partial charge in [0.05, 0.1) is 31.9 Å². The monoisotopic (exact) mass is 436 g/mol. The van der Waals surface area contributed by atoms with Crippen LogP contribution in [-0.2, 0) is 14.8 Å². The summed E-state index contributed by atoms with van der Waals surface area (Å²) in [6, 6.07) is 8.62. The molecule has 1 aliphatic rings. The third-order valence-corrected chi connectivity index (χ3v) is 5.77. The van der Waals surface area contributed by atoms with Crippen molar-refractivity contribution in [3.8, 4) is 23.0 Å². The molecule has 0 bridgehead atoms. The standard InChI is InChI=1S/C20H24N2O7S/c1-13(20(23)21-16-12-15(26-2)6-8-17(16)27-3)22(30(4,24)25)14-5-7-18-19(11-14)29-10-9-28-18/h5-8,11-13H,9-10H2,1-4H3,(H,21,23)/t13-/m0/s1. The van der Waals surface area contributed by atoms with Gasteiger partial charge in [0.2, 0.25) is 15.9 Å². The second kappa shape index (κ2) is 8.70. The number of amides is 1. The topological polar surface area (TPSA) is 103 Å². The Hall–Kier alpha value is -3.14. The maximum Gasteiger partial charge on any atom is 0.248 e. The molecule has 0 aromatic heterocycles. The lowest BCUT2D eigenvalue weighted by Gasteiger charge is -2.29. The Kier molecular flexibility index (Phi) is 6.25. The number of sulfonamides is 1. The molecule has 1 heterocycles. The lowest BCUT2D eigenvalue weighted by atomic mass is 10.2. The lowest BCUT2D eigenvalue weighted by Crippen LogP contribution is -2.45. The summed E-state index contributed by atoms with van der Waals surface area (Å²) in [7, 11) is -0.815. The molecular formula is C20H24N2O7S. The van der Waals surface area contributed by atoms with Crippen LogP contribution < -0.4 is 28.6 Å². The third-order valence-electron chi connectivity index (χ3n) is 4.53. The molecule has 0 unspecified atom stereocenters. The molecule has 3 rings (SSSR count). The largest absolute Gasteiger partial charge is 0.497 e.